The standard InChI is InChI=1S/C25H31NO3/c1-24-14-12-19-17(8-11-21-25(19,2)15-13-22(27)29-21)18(24)9-10-20(24)23(28)26-16-6-4-3-5-7-16/h3-7,11,17-20H,8-10,12-15H2,1-2H3,(H,26,28)/t17-,18-,19+,20?,24-,25+/m0/s1. The van der Waals surface area contributed by atoms with Crippen LogP contribution < -0.4 is 5.32 Å². The summed E-state index contributed by atoms with van der Waals surface area (Å²) in [7, 11) is 0. The molecule has 1 aliphatic heterocycles. The number of esters is 1. The quantitative estimate of drug-likeness (QED) is 0.692. The van der Waals surface area contributed by atoms with Crippen LogP contribution in [0, 0.1) is 34.5 Å². The van der Waals surface area contributed by atoms with Gasteiger partial charge in [0.15, 0.2) is 0 Å². The summed E-state index contributed by atoms with van der Waals surface area (Å²) in [6, 6.07) is 9.81. The van der Waals surface area contributed by atoms with Crippen molar-refractivity contribution in [2.75, 3.05) is 5.32 Å². The van der Waals surface area contributed by atoms with E-state index in [4.69, 9.17) is 4.74 Å². The fraction of sp³-hybridized carbons (Fsp3) is 0.600. The Hall–Kier alpha value is -2.10. The zero-order valence-electron chi connectivity index (χ0n) is 17.4. The Balaban J connectivity index is 1.38. The maximum atomic E-state index is 13.2. The first-order valence-corrected chi connectivity index (χ1v) is 11.2. The number of anilines is 1. The summed E-state index contributed by atoms with van der Waals surface area (Å²) in [4.78, 5) is 25.0. The van der Waals surface area contributed by atoms with Gasteiger partial charge in [-0.1, -0.05) is 32.0 Å². The Bertz CT molecular complexity index is 862. The van der Waals surface area contributed by atoms with Crippen molar-refractivity contribution >= 4 is 17.6 Å². The predicted molar refractivity (Wildman–Crippen MR) is 112 cm³/mol. The highest BCUT2D eigenvalue weighted by Gasteiger charge is 2.60. The Morgan fingerprint density at radius 2 is 1.86 bits per heavy atom. The molecule has 6 atom stereocenters. The van der Waals surface area contributed by atoms with Crippen LogP contribution in [-0.4, -0.2) is 11.9 Å². The molecule has 154 valence electrons. The molecule has 4 heteroatoms. The van der Waals surface area contributed by atoms with Crippen molar-refractivity contribution in [3.05, 3.63) is 42.2 Å². The minimum Gasteiger partial charge on any atom is -0.431 e. The lowest BCUT2D eigenvalue weighted by molar-refractivity contribution is -0.152. The second-order valence-electron chi connectivity index (χ2n) is 10.1. The van der Waals surface area contributed by atoms with Gasteiger partial charge in [0.2, 0.25) is 5.91 Å². The molecular weight excluding hydrogens is 362 g/mol. The molecule has 1 aromatic rings. The zero-order valence-corrected chi connectivity index (χ0v) is 17.4. The summed E-state index contributed by atoms with van der Waals surface area (Å²) in [5.74, 6) is 2.83. The number of hydrogen-bond donors (Lipinski definition) is 1. The first-order valence-electron chi connectivity index (χ1n) is 11.2. The van der Waals surface area contributed by atoms with Gasteiger partial charge in [0.1, 0.15) is 5.76 Å². The molecule has 0 aromatic heterocycles. The third kappa shape index (κ3) is 2.86. The van der Waals surface area contributed by atoms with Crippen molar-refractivity contribution in [1.29, 1.82) is 0 Å². The van der Waals surface area contributed by atoms with Crippen LogP contribution in [0.25, 0.3) is 0 Å². The number of para-hydroxylation sites is 1. The van der Waals surface area contributed by atoms with Gasteiger partial charge in [-0.3, -0.25) is 9.59 Å². The van der Waals surface area contributed by atoms with Crippen LogP contribution in [0.15, 0.2) is 42.2 Å². The van der Waals surface area contributed by atoms with Crippen molar-refractivity contribution in [1.82, 2.24) is 0 Å². The highest BCUT2D eigenvalue weighted by atomic mass is 16.5. The van der Waals surface area contributed by atoms with Crippen molar-refractivity contribution in [2.45, 2.75) is 58.8 Å². The molecular formula is C25H31NO3. The number of allylic oxidation sites excluding steroid dienone is 2. The third-order valence-corrected chi connectivity index (χ3v) is 8.82. The monoisotopic (exact) mass is 393 g/mol. The second kappa shape index (κ2) is 6.72. The number of fused-ring (bicyclic) bond motifs is 5. The number of hydrogen-bond acceptors (Lipinski definition) is 3. The lowest BCUT2D eigenvalue weighted by Gasteiger charge is -2.56. The Morgan fingerprint density at radius 3 is 2.66 bits per heavy atom. The van der Waals surface area contributed by atoms with Gasteiger partial charge in [0.05, 0.1) is 0 Å². The smallest absolute Gasteiger partial charge is 0.310 e. The van der Waals surface area contributed by atoms with E-state index in [-0.39, 0.29) is 28.6 Å². The van der Waals surface area contributed by atoms with Gasteiger partial charge >= 0.3 is 5.97 Å². The van der Waals surface area contributed by atoms with Crippen LogP contribution >= 0.6 is 0 Å². The summed E-state index contributed by atoms with van der Waals surface area (Å²) < 4.78 is 5.66. The molecule has 2 saturated carbocycles. The summed E-state index contributed by atoms with van der Waals surface area (Å²) in [6.07, 6.45) is 8.92. The molecule has 1 heterocycles. The molecule has 1 unspecified atom stereocenters. The van der Waals surface area contributed by atoms with Crippen LogP contribution in [-0.2, 0) is 14.3 Å². The van der Waals surface area contributed by atoms with E-state index in [1.165, 1.54) is 0 Å². The Labute approximate surface area is 173 Å². The van der Waals surface area contributed by atoms with Crippen LogP contribution in [0.4, 0.5) is 5.69 Å². The number of amides is 1. The average molecular weight is 394 g/mol. The van der Waals surface area contributed by atoms with Gasteiger partial charge in [-0.2, -0.15) is 0 Å². The van der Waals surface area contributed by atoms with E-state index in [9.17, 15) is 9.59 Å². The predicted octanol–water partition coefficient (Wildman–Crippen LogP) is 5.31. The highest BCUT2D eigenvalue weighted by Crippen LogP contribution is 2.65. The van der Waals surface area contributed by atoms with E-state index >= 15 is 0 Å². The molecule has 3 aliphatic carbocycles. The number of carbonyl (C=O) groups is 2. The number of carbonyl (C=O) groups excluding carboxylic acids is 2. The van der Waals surface area contributed by atoms with Crippen molar-refractivity contribution in [2.24, 2.45) is 34.5 Å². The lowest BCUT2D eigenvalue weighted by atomic mass is 9.49. The highest BCUT2D eigenvalue weighted by molar-refractivity contribution is 5.93. The van der Waals surface area contributed by atoms with Gasteiger partial charge in [0.25, 0.3) is 0 Å². The number of nitrogens with one attached hydrogen (secondary N) is 1. The molecule has 1 saturated heterocycles. The van der Waals surface area contributed by atoms with Crippen molar-refractivity contribution in [3.8, 4) is 0 Å². The van der Waals surface area contributed by atoms with Crippen LogP contribution in [0.1, 0.15) is 58.8 Å². The number of rotatable bonds is 2. The molecule has 5 rings (SSSR count). The average Bonchev–Trinajstić information content (AvgIpc) is 3.06. The molecule has 4 aliphatic rings. The van der Waals surface area contributed by atoms with E-state index in [0.717, 1.165) is 50.0 Å². The van der Waals surface area contributed by atoms with Crippen LogP contribution in [0.3, 0.4) is 0 Å². The molecule has 29 heavy (non-hydrogen) atoms. The van der Waals surface area contributed by atoms with Gasteiger partial charge in [0, 0.05) is 23.4 Å². The first kappa shape index (κ1) is 18.9. The molecule has 1 N–H and O–H groups in total. The SMILES string of the molecule is C[C@]12CCC(=O)OC1=CC[C@@H]1[C@H]2CC[C@]2(C)C(C(=O)Nc3ccccc3)CC[C@@H]12. The zero-order chi connectivity index (χ0) is 20.2. The van der Waals surface area contributed by atoms with Gasteiger partial charge in [-0.25, -0.2) is 0 Å². The van der Waals surface area contributed by atoms with E-state index in [1.54, 1.807) is 0 Å². The topological polar surface area (TPSA) is 55.4 Å². The summed E-state index contributed by atoms with van der Waals surface area (Å²) in [6.45, 7) is 4.66. The Kier molecular flexibility index (Phi) is 4.38. The Morgan fingerprint density at radius 1 is 1.07 bits per heavy atom. The molecule has 0 bridgehead atoms. The van der Waals surface area contributed by atoms with E-state index < -0.39 is 0 Å². The third-order valence-electron chi connectivity index (χ3n) is 8.82. The number of benzene rings is 1. The van der Waals surface area contributed by atoms with E-state index in [2.05, 4.69) is 25.2 Å². The fourth-order valence-corrected chi connectivity index (χ4v) is 7.25. The number of ether oxygens (including phenoxy) is 1. The first-order chi connectivity index (χ1) is 13.9. The van der Waals surface area contributed by atoms with Gasteiger partial charge < -0.3 is 10.1 Å². The van der Waals surface area contributed by atoms with Gasteiger partial charge in [-0.05, 0) is 79.9 Å². The second-order valence-corrected chi connectivity index (χ2v) is 10.1. The van der Waals surface area contributed by atoms with Crippen molar-refractivity contribution in [3.63, 3.8) is 0 Å². The molecule has 0 radical (unpaired) electrons. The summed E-state index contributed by atoms with van der Waals surface area (Å²) >= 11 is 0. The van der Waals surface area contributed by atoms with E-state index in [1.807, 2.05) is 30.3 Å². The molecule has 1 aromatic carbocycles. The summed E-state index contributed by atoms with van der Waals surface area (Å²) in [5.41, 5.74) is 0.940. The van der Waals surface area contributed by atoms with Crippen molar-refractivity contribution < 1.29 is 14.3 Å². The molecule has 3 fully saturated rings. The maximum absolute atomic E-state index is 13.2. The fourth-order valence-electron chi connectivity index (χ4n) is 7.25. The molecule has 0 spiro atoms. The maximum Gasteiger partial charge on any atom is 0.310 e. The lowest BCUT2D eigenvalue weighted by Crippen LogP contribution is -2.51. The van der Waals surface area contributed by atoms with Gasteiger partial charge in [-0.15, -0.1) is 0 Å². The normalized spacial score (nSPS) is 40.8. The van der Waals surface area contributed by atoms with Crippen LogP contribution in [0.2, 0.25) is 0 Å². The minimum absolute atomic E-state index is 0.0114. The summed E-state index contributed by atoms with van der Waals surface area (Å²) in [5, 5.41) is 3.16. The molecule has 1 amide bonds. The van der Waals surface area contributed by atoms with E-state index in [0.29, 0.717) is 24.2 Å². The van der Waals surface area contributed by atoms with Crippen LogP contribution in [0.5, 0.6) is 0 Å². The minimum atomic E-state index is -0.0775. The largest absolute Gasteiger partial charge is 0.431 e. The molecule has 4 nitrogen and oxygen atoms in total.